The number of amides is 1. The third-order valence-corrected chi connectivity index (χ3v) is 3.41. The maximum Gasteiger partial charge on any atom is 0.228 e. The number of rotatable bonds is 3. The molecule has 0 unspecified atom stereocenters. The van der Waals surface area contributed by atoms with Gasteiger partial charge >= 0.3 is 0 Å². The third kappa shape index (κ3) is 2.57. The lowest BCUT2D eigenvalue weighted by atomic mass is 10.1. The van der Waals surface area contributed by atoms with E-state index in [2.05, 4.69) is 10.3 Å². The molecule has 0 aliphatic rings. The molecule has 0 aliphatic carbocycles. The number of benzene rings is 1. The van der Waals surface area contributed by atoms with Gasteiger partial charge < -0.3 is 5.32 Å². The van der Waals surface area contributed by atoms with Crippen molar-refractivity contribution in [2.75, 3.05) is 5.32 Å². The van der Waals surface area contributed by atoms with E-state index in [9.17, 15) is 9.18 Å². The van der Waals surface area contributed by atoms with Crippen LogP contribution >= 0.6 is 0 Å². The topological polar surface area (TPSA) is 46.4 Å². The number of carbonyl (C=O) groups is 1. The summed E-state index contributed by atoms with van der Waals surface area (Å²) in [6.07, 6.45) is 1.84. The molecule has 112 valence electrons. The molecule has 3 aromatic rings. The van der Waals surface area contributed by atoms with E-state index < -0.39 is 0 Å². The minimum absolute atomic E-state index is 0.0889. The van der Waals surface area contributed by atoms with E-state index >= 15 is 0 Å². The highest BCUT2D eigenvalue weighted by atomic mass is 19.1. The zero-order valence-corrected chi connectivity index (χ0v) is 12.4. The Morgan fingerprint density at radius 2 is 1.91 bits per heavy atom. The molecule has 1 aromatic carbocycles. The lowest BCUT2D eigenvalue weighted by molar-refractivity contribution is -0.118. The number of anilines is 1. The van der Waals surface area contributed by atoms with Gasteiger partial charge in [0, 0.05) is 17.7 Å². The summed E-state index contributed by atoms with van der Waals surface area (Å²) < 4.78 is 14.9. The summed E-state index contributed by atoms with van der Waals surface area (Å²) in [5, 5.41) is 2.91. The van der Waals surface area contributed by atoms with Gasteiger partial charge in [-0.1, -0.05) is 19.9 Å². The number of nitrogens with zero attached hydrogens (tertiary/aromatic N) is 2. The standard InChI is InChI=1S/C17H16FN3O/c1-11(2)17(22)20-16-15(12-6-8-13(18)9-7-12)19-14-5-3-4-10-21(14)16/h3-11H,1-2H3,(H,20,22). The molecule has 22 heavy (non-hydrogen) atoms. The molecule has 2 aromatic heterocycles. The summed E-state index contributed by atoms with van der Waals surface area (Å²) in [5.74, 6) is 0.0607. The Morgan fingerprint density at radius 3 is 2.59 bits per heavy atom. The van der Waals surface area contributed by atoms with Crippen molar-refractivity contribution in [3.05, 3.63) is 54.5 Å². The number of halogens is 1. The Balaban J connectivity index is 2.16. The molecular formula is C17H16FN3O. The van der Waals surface area contributed by atoms with Crippen LogP contribution in [0.25, 0.3) is 16.9 Å². The van der Waals surface area contributed by atoms with Crippen molar-refractivity contribution in [3.63, 3.8) is 0 Å². The molecule has 1 amide bonds. The number of pyridine rings is 1. The molecule has 2 heterocycles. The van der Waals surface area contributed by atoms with Crippen molar-refractivity contribution >= 4 is 17.4 Å². The maximum atomic E-state index is 13.1. The number of imidazole rings is 1. The van der Waals surface area contributed by atoms with Gasteiger partial charge in [0.15, 0.2) is 0 Å². The highest BCUT2D eigenvalue weighted by Gasteiger charge is 2.17. The van der Waals surface area contributed by atoms with Gasteiger partial charge in [-0.3, -0.25) is 9.20 Å². The van der Waals surface area contributed by atoms with E-state index in [-0.39, 0.29) is 17.6 Å². The molecule has 0 spiro atoms. The van der Waals surface area contributed by atoms with Gasteiger partial charge in [-0.15, -0.1) is 0 Å². The summed E-state index contributed by atoms with van der Waals surface area (Å²) in [7, 11) is 0. The molecule has 0 aliphatic heterocycles. The predicted octanol–water partition coefficient (Wildman–Crippen LogP) is 3.73. The zero-order valence-electron chi connectivity index (χ0n) is 12.4. The molecule has 0 saturated heterocycles. The fraction of sp³-hybridized carbons (Fsp3) is 0.176. The van der Waals surface area contributed by atoms with Crippen LogP contribution < -0.4 is 5.32 Å². The maximum absolute atomic E-state index is 13.1. The largest absolute Gasteiger partial charge is 0.310 e. The molecule has 0 radical (unpaired) electrons. The fourth-order valence-corrected chi connectivity index (χ4v) is 2.19. The van der Waals surface area contributed by atoms with E-state index in [1.165, 1.54) is 12.1 Å². The lowest BCUT2D eigenvalue weighted by Crippen LogP contribution is -2.19. The zero-order chi connectivity index (χ0) is 15.7. The quantitative estimate of drug-likeness (QED) is 0.800. The molecule has 0 fully saturated rings. The molecule has 3 rings (SSSR count). The van der Waals surface area contributed by atoms with Crippen LogP contribution in [0.2, 0.25) is 0 Å². The van der Waals surface area contributed by atoms with Gasteiger partial charge in [-0.05, 0) is 36.4 Å². The van der Waals surface area contributed by atoms with Crippen LogP contribution in [0.1, 0.15) is 13.8 Å². The summed E-state index contributed by atoms with van der Waals surface area (Å²) in [6.45, 7) is 3.66. The van der Waals surface area contributed by atoms with Gasteiger partial charge in [0.25, 0.3) is 0 Å². The summed E-state index contributed by atoms with van der Waals surface area (Å²) in [5.41, 5.74) is 2.10. The monoisotopic (exact) mass is 297 g/mol. The number of hydrogen-bond acceptors (Lipinski definition) is 2. The highest BCUT2D eigenvalue weighted by molar-refractivity contribution is 5.95. The first-order valence-corrected chi connectivity index (χ1v) is 7.10. The Bertz CT molecular complexity index is 822. The molecule has 0 atom stereocenters. The van der Waals surface area contributed by atoms with Gasteiger partial charge in [0.05, 0.1) is 0 Å². The van der Waals surface area contributed by atoms with Crippen molar-refractivity contribution in [2.24, 2.45) is 5.92 Å². The molecule has 1 N–H and O–H groups in total. The number of hydrogen-bond donors (Lipinski definition) is 1. The van der Waals surface area contributed by atoms with Crippen LogP contribution in [-0.2, 0) is 4.79 Å². The minimum atomic E-state index is -0.305. The molecule has 0 bridgehead atoms. The third-order valence-electron chi connectivity index (χ3n) is 3.41. The Morgan fingerprint density at radius 1 is 1.18 bits per heavy atom. The first-order valence-electron chi connectivity index (χ1n) is 7.10. The van der Waals surface area contributed by atoms with Gasteiger partial charge in [0.2, 0.25) is 5.91 Å². The predicted molar refractivity (Wildman–Crippen MR) is 84.1 cm³/mol. The Labute approximate surface area is 127 Å². The summed E-state index contributed by atoms with van der Waals surface area (Å²) >= 11 is 0. The molecular weight excluding hydrogens is 281 g/mol. The van der Waals surface area contributed by atoms with Crippen molar-refractivity contribution in [2.45, 2.75) is 13.8 Å². The van der Waals surface area contributed by atoms with E-state index in [0.717, 1.165) is 11.2 Å². The van der Waals surface area contributed by atoms with Gasteiger partial charge in [-0.2, -0.15) is 0 Å². The molecule has 5 heteroatoms. The van der Waals surface area contributed by atoms with Crippen LogP contribution in [0, 0.1) is 11.7 Å². The van der Waals surface area contributed by atoms with Crippen LogP contribution in [0.5, 0.6) is 0 Å². The minimum Gasteiger partial charge on any atom is -0.310 e. The number of aromatic nitrogens is 2. The van der Waals surface area contributed by atoms with E-state index in [0.29, 0.717) is 11.5 Å². The summed E-state index contributed by atoms with van der Waals surface area (Å²) in [6, 6.07) is 11.7. The van der Waals surface area contributed by atoms with Crippen molar-refractivity contribution in [1.82, 2.24) is 9.38 Å². The van der Waals surface area contributed by atoms with E-state index in [1.54, 1.807) is 12.1 Å². The normalized spacial score (nSPS) is 11.1. The van der Waals surface area contributed by atoms with Crippen molar-refractivity contribution in [3.8, 4) is 11.3 Å². The Kier molecular flexibility index (Phi) is 3.63. The highest BCUT2D eigenvalue weighted by Crippen LogP contribution is 2.29. The Hall–Kier alpha value is -2.69. The van der Waals surface area contributed by atoms with E-state index in [1.807, 2.05) is 42.6 Å². The smallest absolute Gasteiger partial charge is 0.228 e. The number of fused-ring (bicyclic) bond motifs is 1. The van der Waals surface area contributed by atoms with Gasteiger partial charge in [0.1, 0.15) is 23.0 Å². The average molecular weight is 297 g/mol. The lowest BCUT2D eigenvalue weighted by Gasteiger charge is -2.09. The van der Waals surface area contributed by atoms with Gasteiger partial charge in [-0.25, -0.2) is 9.37 Å². The average Bonchev–Trinajstić information content (AvgIpc) is 2.87. The SMILES string of the molecule is CC(C)C(=O)Nc1c(-c2ccc(F)cc2)nc2ccccn12. The van der Waals surface area contributed by atoms with Crippen molar-refractivity contribution < 1.29 is 9.18 Å². The number of carbonyl (C=O) groups excluding carboxylic acids is 1. The molecule has 0 saturated carbocycles. The number of nitrogens with one attached hydrogen (secondary N) is 1. The first-order chi connectivity index (χ1) is 10.6. The van der Waals surface area contributed by atoms with Crippen LogP contribution in [-0.4, -0.2) is 15.3 Å². The van der Waals surface area contributed by atoms with Crippen LogP contribution in [0.4, 0.5) is 10.2 Å². The van der Waals surface area contributed by atoms with Crippen molar-refractivity contribution in [1.29, 1.82) is 0 Å². The van der Waals surface area contributed by atoms with Crippen LogP contribution in [0.15, 0.2) is 48.7 Å². The van der Waals surface area contributed by atoms with Crippen LogP contribution in [0.3, 0.4) is 0 Å². The second-order valence-electron chi connectivity index (χ2n) is 5.39. The summed E-state index contributed by atoms with van der Waals surface area (Å²) in [4.78, 5) is 16.6. The second kappa shape index (κ2) is 5.60. The first kappa shape index (κ1) is 14.3. The fourth-order valence-electron chi connectivity index (χ4n) is 2.19. The second-order valence-corrected chi connectivity index (χ2v) is 5.39. The molecule has 4 nitrogen and oxygen atoms in total. The van der Waals surface area contributed by atoms with E-state index in [4.69, 9.17) is 0 Å².